The highest BCUT2D eigenvalue weighted by Gasteiger charge is 2.34. The van der Waals surface area contributed by atoms with Crippen LogP contribution >= 0.6 is 11.6 Å². The third kappa shape index (κ3) is 4.71. The zero-order valence-electron chi connectivity index (χ0n) is 17.1. The molecule has 0 unspecified atom stereocenters. The summed E-state index contributed by atoms with van der Waals surface area (Å²) >= 11 is 5.97. The van der Waals surface area contributed by atoms with Crippen LogP contribution in [0.2, 0.25) is 5.02 Å². The Morgan fingerprint density at radius 2 is 1.87 bits per heavy atom. The maximum Gasteiger partial charge on any atom is 0.243 e. The fraction of sp³-hybridized carbons (Fsp3) is 0.381. The number of rotatable bonds is 6. The molecular weight excluding hydrogens is 428 g/mol. The quantitative estimate of drug-likeness (QED) is 0.722. The number of hydrogen-bond donors (Lipinski definition) is 1. The van der Waals surface area contributed by atoms with Gasteiger partial charge in [-0.05, 0) is 55.7 Å². The van der Waals surface area contributed by atoms with Crippen LogP contribution in [0.5, 0.6) is 11.5 Å². The van der Waals surface area contributed by atoms with Crippen LogP contribution in [-0.2, 0) is 14.8 Å². The van der Waals surface area contributed by atoms with Gasteiger partial charge in [-0.15, -0.1) is 0 Å². The third-order valence-corrected chi connectivity index (χ3v) is 7.29. The van der Waals surface area contributed by atoms with Crippen LogP contribution < -0.4 is 14.8 Å². The van der Waals surface area contributed by atoms with E-state index in [4.69, 9.17) is 21.1 Å². The SMILES string of the molecule is COc1ccc(S(=O)(=O)N2CCC[C@@H](C(=O)Nc3ccc(Cl)cc3C)C2)cc1OC. The van der Waals surface area contributed by atoms with E-state index in [-0.39, 0.29) is 17.3 Å². The predicted molar refractivity (Wildman–Crippen MR) is 116 cm³/mol. The monoisotopic (exact) mass is 452 g/mol. The number of ether oxygens (including phenoxy) is 2. The summed E-state index contributed by atoms with van der Waals surface area (Å²) in [5, 5.41) is 3.49. The van der Waals surface area contributed by atoms with Gasteiger partial charge in [-0.2, -0.15) is 4.31 Å². The van der Waals surface area contributed by atoms with Gasteiger partial charge in [-0.25, -0.2) is 8.42 Å². The summed E-state index contributed by atoms with van der Waals surface area (Å²) < 4.78 is 38.1. The van der Waals surface area contributed by atoms with E-state index in [1.165, 1.54) is 30.7 Å². The second-order valence-electron chi connectivity index (χ2n) is 7.17. The fourth-order valence-corrected chi connectivity index (χ4v) is 5.27. The van der Waals surface area contributed by atoms with E-state index in [1.807, 2.05) is 6.92 Å². The normalized spacial score (nSPS) is 17.4. The third-order valence-electron chi connectivity index (χ3n) is 5.19. The molecule has 0 aliphatic carbocycles. The number of piperidine rings is 1. The largest absolute Gasteiger partial charge is 0.493 e. The molecule has 0 saturated carbocycles. The van der Waals surface area contributed by atoms with Crippen molar-refractivity contribution in [3.63, 3.8) is 0 Å². The molecule has 7 nitrogen and oxygen atoms in total. The zero-order valence-corrected chi connectivity index (χ0v) is 18.7. The Morgan fingerprint density at radius 1 is 1.13 bits per heavy atom. The maximum atomic E-state index is 13.2. The molecule has 0 spiro atoms. The molecule has 1 amide bonds. The molecule has 1 saturated heterocycles. The minimum atomic E-state index is -3.77. The molecule has 1 heterocycles. The highest BCUT2D eigenvalue weighted by atomic mass is 35.5. The second-order valence-corrected chi connectivity index (χ2v) is 9.54. The Kier molecular flexibility index (Phi) is 6.90. The Hall–Kier alpha value is -2.29. The van der Waals surface area contributed by atoms with Gasteiger partial charge >= 0.3 is 0 Å². The van der Waals surface area contributed by atoms with Crippen molar-refractivity contribution in [3.05, 3.63) is 47.0 Å². The smallest absolute Gasteiger partial charge is 0.243 e. The van der Waals surface area contributed by atoms with Gasteiger partial charge in [0.05, 0.1) is 25.0 Å². The van der Waals surface area contributed by atoms with Crippen molar-refractivity contribution in [2.24, 2.45) is 5.92 Å². The minimum Gasteiger partial charge on any atom is -0.493 e. The van der Waals surface area contributed by atoms with Crippen LogP contribution in [0.25, 0.3) is 0 Å². The van der Waals surface area contributed by atoms with Crippen LogP contribution in [-0.4, -0.2) is 45.9 Å². The number of carbonyl (C=O) groups excluding carboxylic acids is 1. The Balaban J connectivity index is 1.77. The van der Waals surface area contributed by atoms with Crippen LogP contribution in [0, 0.1) is 12.8 Å². The molecule has 2 aromatic rings. The summed E-state index contributed by atoms with van der Waals surface area (Å²) in [6.07, 6.45) is 1.22. The number of carbonyl (C=O) groups is 1. The van der Waals surface area contributed by atoms with Gasteiger partial charge in [0.2, 0.25) is 15.9 Å². The number of sulfonamides is 1. The summed E-state index contributed by atoms with van der Waals surface area (Å²) in [5.41, 5.74) is 1.52. The Morgan fingerprint density at radius 3 is 2.53 bits per heavy atom. The van der Waals surface area contributed by atoms with Gasteiger partial charge in [-0.1, -0.05) is 11.6 Å². The molecule has 162 valence electrons. The van der Waals surface area contributed by atoms with Gasteiger partial charge in [0, 0.05) is 29.9 Å². The molecule has 0 bridgehead atoms. The first-order chi connectivity index (χ1) is 14.3. The van der Waals surface area contributed by atoms with Crippen LogP contribution in [0.1, 0.15) is 18.4 Å². The van der Waals surface area contributed by atoms with Crippen molar-refractivity contribution in [1.29, 1.82) is 0 Å². The van der Waals surface area contributed by atoms with Crippen molar-refractivity contribution < 1.29 is 22.7 Å². The zero-order chi connectivity index (χ0) is 21.9. The fourth-order valence-electron chi connectivity index (χ4n) is 3.50. The van der Waals surface area contributed by atoms with Crippen LogP contribution in [0.4, 0.5) is 5.69 Å². The molecule has 1 fully saturated rings. The lowest BCUT2D eigenvalue weighted by Gasteiger charge is -2.31. The van der Waals surface area contributed by atoms with Gasteiger partial charge < -0.3 is 14.8 Å². The molecule has 2 aromatic carbocycles. The van der Waals surface area contributed by atoms with E-state index in [1.54, 1.807) is 24.3 Å². The molecule has 1 aliphatic rings. The molecule has 9 heteroatoms. The molecule has 1 N–H and O–H groups in total. The van der Waals surface area contributed by atoms with Crippen molar-refractivity contribution in [3.8, 4) is 11.5 Å². The number of halogens is 1. The molecule has 0 radical (unpaired) electrons. The van der Waals surface area contributed by atoms with Gasteiger partial charge in [0.1, 0.15) is 0 Å². The highest BCUT2D eigenvalue weighted by molar-refractivity contribution is 7.89. The summed E-state index contributed by atoms with van der Waals surface area (Å²) in [6.45, 7) is 2.34. The summed E-state index contributed by atoms with van der Waals surface area (Å²) in [4.78, 5) is 12.9. The number of aryl methyl sites for hydroxylation is 1. The van der Waals surface area contributed by atoms with Crippen molar-refractivity contribution in [1.82, 2.24) is 4.31 Å². The number of benzene rings is 2. The molecule has 0 aromatic heterocycles. The van der Waals surface area contributed by atoms with E-state index in [2.05, 4.69) is 5.32 Å². The summed E-state index contributed by atoms with van der Waals surface area (Å²) in [6, 6.07) is 9.71. The Labute approximate surface area is 182 Å². The number of hydrogen-bond acceptors (Lipinski definition) is 5. The van der Waals surface area contributed by atoms with Crippen molar-refractivity contribution in [2.45, 2.75) is 24.7 Å². The number of methoxy groups -OCH3 is 2. The van der Waals surface area contributed by atoms with E-state index in [0.717, 1.165) is 5.56 Å². The lowest BCUT2D eigenvalue weighted by molar-refractivity contribution is -0.120. The predicted octanol–water partition coefficient (Wildman–Crippen LogP) is 3.71. The van der Waals surface area contributed by atoms with Crippen molar-refractivity contribution >= 4 is 33.2 Å². The first-order valence-electron chi connectivity index (χ1n) is 9.55. The lowest BCUT2D eigenvalue weighted by atomic mass is 9.98. The first-order valence-corrected chi connectivity index (χ1v) is 11.4. The topological polar surface area (TPSA) is 84.9 Å². The molecule has 1 aliphatic heterocycles. The second kappa shape index (κ2) is 9.24. The molecular formula is C21H25ClN2O5S. The molecule has 1 atom stereocenters. The number of anilines is 1. The van der Waals surface area contributed by atoms with Crippen LogP contribution in [0.15, 0.2) is 41.3 Å². The van der Waals surface area contributed by atoms with Gasteiger partial charge in [0.15, 0.2) is 11.5 Å². The standard InChI is InChI=1S/C21H25ClN2O5S/c1-14-11-16(22)6-8-18(14)23-21(25)15-5-4-10-24(13-15)30(26,27)17-7-9-19(28-2)20(12-17)29-3/h6-9,11-12,15H,4-5,10,13H2,1-3H3,(H,23,25)/t15-/m1/s1. The van der Waals surface area contributed by atoms with E-state index in [9.17, 15) is 13.2 Å². The van der Waals surface area contributed by atoms with E-state index < -0.39 is 15.9 Å². The van der Waals surface area contributed by atoms with Crippen LogP contribution in [0.3, 0.4) is 0 Å². The number of nitrogens with zero attached hydrogens (tertiary/aromatic N) is 1. The van der Waals surface area contributed by atoms with E-state index in [0.29, 0.717) is 41.6 Å². The lowest BCUT2D eigenvalue weighted by Crippen LogP contribution is -2.43. The number of amides is 1. The minimum absolute atomic E-state index is 0.106. The van der Waals surface area contributed by atoms with Crippen molar-refractivity contribution in [2.75, 3.05) is 32.6 Å². The molecule has 3 rings (SSSR count). The maximum absolute atomic E-state index is 13.2. The summed E-state index contributed by atoms with van der Waals surface area (Å²) in [7, 11) is -0.831. The highest BCUT2D eigenvalue weighted by Crippen LogP contribution is 2.32. The average Bonchev–Trinajstić information content (AvgIpc) is 2.75. The van der Waals surface area contributed by atoms with Gasteiger partial charge in [0.25, 0.3) is 0 Å². The number of nitrogens with one attached hydrogen (secondary N) is 1. The molecule has 30 heavy (non-hydrogen) atoms. The summed E-state index contributed by atoms with van der Waals surface area (Å²) in [5.74, 6) is 0.144. The van der Waals surface area contributed by atoms with E-state index >= 15 is 0 Å². The Bertz CT molecular complexity index is 1040. The average molecular weight is 453 g/mol. The van der Waals surface area contributed by atoms with Gasteiger partial charge in [-0.3, -0.25) is 4.79 Å². The first kappa shape index (κ1) is 22.4.